The van der Waals surface area contributed by atoms with Gasteiger partial charge in [0.2, 0.25) is 5.91 Å². The summed E-state index contributed by atoms with van der Waals surface area (Å²) < 4.78 is 5.16. The second-order valence-electron chi connectivity index (χ2n) is 6.11. The Kier molecular flexibility index (Phi) is 4.69. The van der Waals surface area contributed by atoms with Gasteiger partial charge in [-0.3, -0.25) is 14.8 Å². The number of rotatable bonds is 4. The maximum Gasteiger partial charge on any atom is 0.222 e. The van der Waals surface area contributed by atoms with E-state index in [0.29, 0.717) is 18.8 Å². The third-order valence-corrected chi connectivity index (χ3v) is 4.55. The molecule has 0 radical (unpaired) electrons. The first-order valence-electron chi connectivity index (χ1n) is 8.10. The van der Waals surface area contributed by atoms with Crippen molar-refractivity contribution in [3.05, 3.63) is 41.3 Å². The van der Waals surface area contributed by atoms with Gasteiger partial charge in [0, 0.05) is 49.6 Å². The number of likely N-dealkylation sites (tertiary alicyclic amines) is 1. The number of hydrogen-bond acceptors (Lipinski definition) is 5. The van der Waals surface area contributed by atoms with Crippen LogP contribution in [0, 0.1) is 13.8 Å². The van der Waals surface area contributed by atoms with Crippen molar-refractivity contribution >= 4 is 5.91 Å². The predicted octanol–water partition coefficient (Wildman–Crippen LogP) is 2.42. The van der Waals surface area contributed by atoms with Crippen LogP contribution in [0.3, 0.4) is 0 Å². The number of aryl methyl sites for hydroxylation is 2. The van der Waals surface area contributed by atoms with Crippen molar-refractivity contribution < 1.29 is 9.32 Å². The molecule has 1 amide bonds. The van der Waals surface area contributed by atoms with Crippen molar-refractivity contribution in [3.63, 3.8) is 0 Å². The van der Waals surface area contributed by atoms with Gasteiger partial charge in [-0.1, -0.05) is 5.16 Å². The van der Waals surface area contributed by atoms with Crippen LogP contribution in [0.5, 0.6) is 0 Å². The van der Waals surface area contributed by atoms with Gasteiger partial charge in [0.1, 0.15) is 5.76 Å². The smallest absolute Gasteiger partial charge is 0.222 e. The van der Waals surface area contributed by atoms with Crippen molar-refractivity contribution in [2.24, 2.45) is 0 Å². The van der Waals surface area contributed by atoms with Crippen molar-refractivity contribution in [2.45, 2.75) is 45.4 Å². The zero-order chi connectivity index (χ0) is 16.2. The number of carbonyl (C=O) groups is 1. The summed E-state index contributed by atoms with van der Waals surface area (Å²) in [5, 5.41) is 3.94. The summed E-state index contributed by atoms with van der Waals surface area (Å²) >= 11 is 0. The van der Waals surface area contributed by atoms with Gasteiger partial charge in [-0.05, 0) is 33.1 Å². The Labute approximate surface area is 135 Å². The highest BCUT2D eigenvalue weighted by atomic mass is 16.5. The van der Waals surface area contributed by atoms with Gasteiger partial charge in [-0.15, -0.1) is 0 Å². The van der Waals surface area contributed by atoms with Crippen LogP contribution in [0.15, 0.2) is 23.1 Å². The lowest BCUT2D eigenvalue weighted by Gasteiger charge is -2.32. The van der Waals surface area contributed by atoms with E-state index in [0.717, 1.165) is 48.6 Å². The molecule has 122 valence electrons. The molecule has 6 heteroatoms. The number of nitrogens with zero attached hydrogens (tertiary/aromatic N) is 4. The highest BCUT2D eigenvalue weighted by Gasteiger charge is 2.25. The van der Waals surface area contributed by atoms with Crippen molar-refractivity contribution in [3.8, 4) is 0 Å². The van der Waals surface area contributed by atoms with E-state index in [-0.39, 0.29) is 5.91 Å². The lowest BCUT2D eigenvalue weighted by Crippen LogP contribution is -2.39. The minimum atomic E-state index is 0.193. The Morgan fingerprint density at radius 2 is 2.26 bits per heavy atom. The number of aromatic nitrogens is 3. The SMILES string of the molecule is Cc1noc(C)c1CCC(=O)N1CCC[C@@H](c2cnccn2)C1. The topological polar surface area (TPSA) is 72.1 Å². The third kappa shape index (κ3) is 3.57. The quantitative estimate of drug-likeness (QED) is 0.866. The standard InChI is InChI=1S/C17H22N4O2/c1-12-15(13(2)23-20-12)5-6-17(22)21-9-3-4-14(11-21)16-10-18-7-8-19-16/h7-8,10,14H,3-6,9,11H2,1-2H3/t14-/m1/s1. The Hall–Kier alpha value is -2.24. The summed E-state index contributed by atoms with van der Waals surface area (Å²) in [5.41, 5.74) is 2.92. The molecule has 0 aliphatic carbocycles. The molecule has 1 saturated heterocycles. The van der Waals surface area contributed by atoms with E-state index in [2.05, 4.69) is 15.1 Å². The Morgan fingerprint density at radius 1 is 1.39 bits per heavy atom. The Bertz CT molecular complexity index is 649. The van der Waals surface area contributed by atoms with E-state index < -0.39 is 0 Å². The summed E-state index contributed by atoms with van der Waals surface area (Å²) in [5.74, 6) is 1.30. The van der Waals surface area contributed by atoms with Crippen LogP contribution in [0.25, 0.3) is 0 Å². The van der Waals surface area contributed by atoms with Crippen molar-refractivity contribution in [1.29, 1.82) is 0 Å². The van der Waals surface area contributed by atoms with Crippen molar-refractivity contribution in [2.75, 3.05) is 13.1 Å². The molecular formula is C17H22N4O2. The molecule has 0 saturated carbocycles. The van der Waals surface area contributed by atoms with Crippen LogP contribution >= 0.6 is 0 Å². The largest absolute Gasteiger partial charge is 0.361 e. The van der Waals surface area contributed by atoms with Crippen LogP contribution in [-0.4, -0.2) is 39.0 Å². The Balaban J connectivity index is 1.59. The first-order valence-corrected chi connectivity index (χ1v) is 8.10. The van der Waals surface area contributed by atoms with Gasteiger partial charge in [0.25, 0.3) is 0 Å². The highest BCUT2D eigenvalue weighted by molar-refractivity contribution is 5.76. The lowest BCUT2D eigenvalue weighted by molar-refractivity contribution is -0.132. The van der Waals surface area contributed by atoms with Gasteiger partial charge in [-0.25, -0.2) is 0 Å². The molecule has 3 heterocycles. The number of carbonyl (C=O) groups excluding carboxylic acids is 1. The van der Waals surface area contributed by atoms with Crippen LogP contribution < -0.4 is 0 Å². The number of amides is 1. The average Bonchev–Trinajstić information content (AvgIpc) is 2.92. The van der Waals surface area contributed by atoms with E-state index in [4.69, 9.17) is 4.52 Å². The summed E-state index contributed by atoms with van der Waals surface area (Å²) in [6.45, 7) is 5.38. The van der Waals surface area contributed by atoms with Crippen LogP contribution in [0.4, 0.5) is 0 Å². The second-order valence-corrected chi connectivity index (χ2v) is 6.11. The van der Waals surface area contributed by atoms with Crippen LogP contribution in [0.2, 0.25) is 0 Å². The van der Waals surface area contributed by atoms with Crippen LogP contribution in [-0.2, 0) is 11.2 Å². The van der Waals surface area contributed by atoms with E-state index in [1.165, 1.54) is 0 Å². The monoisotopic (exact) mass is 314 g/mol. The zero-order valence-corrected chi connectivity index (χ0v) is 13.7. The highest BCUT2D eigenvalue weighted by Crippen LogP contribution is 2.25. The van der Waals surface area contributed by atoms with E-state index >= 15 is 0 Å². The fraction of sp³-hybridized carbons (Fsp3) is 0.529. The molecule has 1 aliphatic rings. The molecule has 0 N–H and O–H groups in total. The fourth-order valence-electron chi connectivity index (χ4n) is 3.22. The van der Waals surface area contributed by atoms with Gasteiger partial charge in [0.15, 0.2) is 0 Å². The summed E-state index contributed by atoms with van der Waals surface area (Å²) in [4.78, 5) is 23.0. The summed E-state index contributed by atoms with van der Waals surface area (Å²) in [6, 6.07) is 0. The van der Waals surface area contributed by atoms with Gasteiger partial charge in [-0.2, -0.15) is 0 Å². The van der Waals surface area contributed by atoms with Gasteiger partial charge >= 0.3 is 0 Å². The Morgan fingerprint density at radius 3 is 2.96 bits per heavy atom. The predicted molar refractivity (Wildman–Crippen MR) is 84.9 cm³/mol. The molecule has 0 unspecified atom stereocenters. The molecule has 2 aromatic heterocycles. The molecule has 23 heavy (non-hydrogen) atoms. The molecule has 0 bridgehead atoms. The van der Waals surface area contributed by atoms with E-state index in [1.54, 1.807) is 12.4 Å². The molecule has 2 aromatic rings. The maximum absolute atomic E-state index is 12.5. The first kappa shape index (κ1) is 15.6. The summed E-state index contributed by atoms with van der Waals surface area (Å²) in [6.07, 6.45) is 8.46. The lowest BCUT2D eigenvalue weighted by atomic mass is 9.94. The van der Waals surface area contributed by atoms with Gasteiger partial charge in [0.05, 0.1) is 11.4 Å². The van der Waals surface area contributed by atoms with Gasteiger partial charge < -0.3 is 9.42 Å². The maximum atomic E-state index is 12.5. The number of hydrogen-bond donors (Lipinski definition) is 0. The molecule has 6 nitrogen and oxygen atoms in total. The molecule has 3 rings (SSSR count). The average molecular weight is 314 g/mol. The molecule has 0 spiro atoms. The molecule has 0 aromatic carbocycles. The fourth-order valence-corrected chi connectivity index (χ4v) is 3.22. The first-order chi connectivity index (χ1) is 11.1. The van der Waals surface area contributed by atoms with Crippen LogP contribution in [0.1, 0.15) is 47.9 Å². The third-order valence-electron chi connectivity index (χ3n) is 4.55. The number of piperidine rings is 1. The minimum absolute atomic E-state index is 0.193. The minimum Gasteiger partial charge on any atom is -0.361 e. The molecule has 1 fully saturated rings. The molecule has 1 atom stereocenters. The second kappa shape index (κ2) is 6.89. The normalized spacial score (nSPS) is 18.2. The zero-order valence-electron chi connectivity index (χ0n) is 13.7. The van der Waals surface area contributed by atoms with E-state index in [1.807, 2.05) is 24.9 Å². The van der Waals surface area contributed by atoms with Crippen molar-refractivity contribution in [1.82, 2.24) is 20.0 Å². The molecule has 1 aliphatic heterocycles. The van der Waals surface area contributed by atoms with E-state index in [9.17, 15) is 4.79 Å². The summed E-state index contributed by atoms with van der Waals surface area (Å²) in [7, 11) is 0. The molecular weight excluding hydrogens is 292 g/mol.